The van der Waals surface area contributed by atoms with E-state index in [9.17, 15) is 4.79 Å². The molecule has 0 N–H and O–H groups in total. The van der Waals surface area contributed by atoms with Crippen LogP contribution in [-0.4, -0.2) is 14.4 Å². The SMILES string of the molecule is C[Si](C)(C)CC#CCC[C@@H](CC=O)c1ccccc1. The van der Waals surface area contributed by atoms with Gasteiger partial charge >= 0.3 is 0 Å². The normalized spacial score (nSPS) is 12.4. The Morgan fingerprint density at radius 2 is 1.84 bits per heavy atom. The second-order valence-electron chi connectivity index (χ2n) is 6.14. The van der Waals surface area contributed by atoms with Crippen LogP contribution >= 0.6 is 0 Å². The van der Waals surface area contributed by atoms with Gasteiger partial charge in [0, 0.05) is 18.9 Å². The first-order chi connectivity index (χ1) is 9.03. The summed E-state index contributed by atoms with van der Waals surface area (Å²) in [5.41, 5.74) is 1.25. The molecule has 0 aliphatic heterocycles. The Morgan fingerprint density at radius 1 is 1.16 bits per heavy atom. The Labute approximate surface area is 118 Å². The molecule has 0 amide bonds. The van der Waals surface area contributed by atoms with Crippen LogP contribution in [0.1, 0.15) is 30.7 Å². The van der Waals surface area contributed by atoms with E-state index in [1.54, 1.807) is 0 Å². The highest BCUT2D eigenvalue weighted by atomic mass is 28.3. The smallest absolute Gasteiger partial charge is 0.120 e. The summed E-state index contributed by atoms with van der Waals surface area (Å²) in [4.78, 5) is 10.8. The molecule has 0 radical (unpaired) electrons. The molecule has 1 aromatic carbocycles. The van der Waals surface area contributed by atoms with Crippen molar-refractivity contribution in [2.45, 2.75) is 50.9 Å². The lowest BCUT2D eigenvalue weighted by molar-refractivity contribution is -0.108. The van der Waals surface area contributed by atoms with Gasteiger partial charge in [0.15, 0.2) is 0 Å². The molecule has 1 aromatic rings. The molecule has 0 saturated heterocycles. The average Bonchev–Trinajstić information content (AvgIpc) is 2.37. The summed E-state index contributed by atoms with van der Waals surface area (Å²) in [6.07, 6.45) is 3.48. The number of benzene rings is 1. The molecule has 0 aromatic heterocycles. The highest BCUT2D eigenvalue weighted by Gasteiger charge is 2.11. The summed E-state index contributed by atoms with van der Waals surface area (Å²) in [5, 5.41) is 0. The molecular formula is C17H24OSi. The fourth-order valence-corrected chi connectivity index (χ4v) is 2.58. The van der Waals surface area contributed by atoms with Crippen LogP contribution in [0.25, 0.3) is 0 Å². The van der Waals surface area contributed by atoms with Gasteiger partial charge in [-0.15, -0.1) is 11.8 Å². The monoisotopic (exact) mass is 272 g/mol. The number of hydrogen-bond donors (Lipinski definition) is 0. The number of carbonyl (C=O) groups excluding carboxylic acids is 1. The maximum atomic E-state index is 10.8. The maximum Gasteiger partial charge on any atom is 0.120 e. The van der Waals surface area contributed by atoms with E-state index >= 15 is 0 Å². The molecule has 19 heavy (non-hydrogen) atoms. The zero-order valence-electron chi connectivity index (χ0n) is 12.3. The molecule has 2 heteroatoms. The van der Waals surface area contributed by atoms with E-state index < -0.39 is 8.07 Å². The molecular weight excluding hydrogens is 248 g/mol. The molecule has 0 saturated carbocycles. The molecule has 0 bridgehead atoms. The predicted molar refractivity (Wildman–Crippen MR) is 85.0 cm³/mol. The first kappa shape index (κ1) is 15.7. The van der Waals surface area contributed by atoms with Crippen molar-refractivity contribution < 1.29 is 4.79 Å². The van der Waals surface area contributed by atoms with Crippen LogP contribution in [-0.2, 0) is 4.79 Å². The second-order valence-corrected chi connectivity index (χ2v) is 11.6. The van der Waals surface area contributed by atoms with Crippen LogP contribution in [0, 0.1) is 11.8 Å². The van der Waals surface area contributed by atoms with Crippen LogP contribution in [0.4, 0.5) is 0 Å². The highest BCUT2D eigenvalue weighted by Crippen LogP contribution is 2.23. The first-order valence-electron chi connectivity index (χ1n) is 6.97. The molecule has 1 rings (SSSR count). The quantitative estimate of drug-likeness (QED) is 0.424. The minimum absolute atomic E-state index is 0.319. The van der Waals surface area contributed by atoms with Gasteiger partial charge in [0.2, 0.25) is 0 Å². The number of carbonyl (C=O) groups is 1. The summed E-state index contributed by atoms with van der Waals surface area (Å²) in [7, 11) is -1.04. The van der Waals surface area contributed by atoms with Crippen LogP contribution in [0.5, 0.6) is 0 Å². The van der Waals surface area contributed by atoms with Crippen molar-refractivity contribution in [3.8, 4) is 11.8 Å². The molecule has 1 nitrogen and oxygen atoms in total. The van der Waals surface area contributed by atoms with Gasteiger partial charge in [-0.3, -0.25) is 0 Å². The minimum Gasteiger partial charge on any atom is -0.303 e. The van der Waals surface area contributed by atoms with Crippen molar-refractivity contribution in [3.05, 3.63) is 35.9 Å². The Bertz CT molecular complexity index is 434. The van der Waals surface area contributed by atoms with Crippen LogP contribution in [0.15, 0.2) is 30.3 Å². The van der Waals surface area contributed by atoms with Gasteiger partial charge in [-0.05, 0) is 17.9 Å². The summed E-state index contributed by atoms with van der Waals surface area (Å²) in [6.45, 7) is 7.00. The van der Waals surface area contributed by atoms with Crippen molar-refractivity contribution >= 4 is 14.4 Å². The number of aldehydes is 1. The van der Waals surface area contributed by atoms with E-state index in [2.05, 4.69) is 43.6 Å². The van der Waals surface area contributed by atoms with Crippen molar-refractivity contribution in [2.24, 2.45) is 0 Å². The first-order valence-corrected chi connectivity index (χ1v) is 10.7. The highest BCUT2D eigenvalue weighted by molar-refractivity contribution is 6.76. The standard InChI is InChI=1S/C17H24OSi/c1-19(2,3)15-9-5-8-12-17(13-14-18)16-10-6-4-7-11-16/h4,6-7,10-11,14,17H,8,12-13,15H2,1-3H3/t17-/m0/s1. The summed E-state index contributed by atoms with van der Waals surface area (Å²) >= 11 is 0. The van der Waals surface area contributed by atoms with Gasteiger partial charge in [-0.1, -0.05) is 50.0 Å². The molecule has 1 atom stereocenters. The lowest BCUT2D eigenvalue weighted by atomic mass is 9.92. The summed E-state index contributed by atoms with van der Waals surface area (Å²) in [5.74, 6) is 6.89. The van der Waals surface area contributed by atoms with Gasteiger partial charge in [0.05, 0.1) is 8.07 Å². The van der Waals surface area contributed by atoms with Gasteiger partial charge in [-0.25, -0.2) is 0 Å². The van der Waals surface area contributed by atoms with Crippen LogP contribution in [0.3, 0.4) is 0 Å². The van der Waals surface area contributed by atoms with Crippen LogP contribution < -0.4 is 0 Å². The molecule has 0 aliphatic rings. The van der Waals surface area contributed by atoms with Gasteiger partial charge in [-0.2, -0.15) is 0 Å². The molecule has 102 valence electrons. The lowest BCUT2D eigenvalue weighted by Crippen LogP contribution is -2.17. The van der Waals surface area contributed by atoms with E-state index in [1.807, 2.05) is 18.2 Å². The predicted octanol–water partition coefficient (Wildman–Crippen LogP) is 4.48. The number of hydrogen-bond acceptors (Lipinski definition) is 1. The molecule has 0 fully saturated rings. The van der Waals surface area contributed by atoms with Gasteiger partial charge in [0.1, 0.15) is 6.29 Å². The van der Waals surface area contributed by atoms with Crippen molar-refractivity contribution in [1.82, 2.24) is 0 Å². The summed E-state index contributed by atoms with van der Waals surface area (Å²) in [6, 6.07) is 11.3. The third kappa shape index (κ3) is 6.98. The van der Waals surface area contributed by atoms with E-state index in [1.165, 1.54) is 5.56 Å². The third-order valence-corrected chi connectivity index (χ3v) is 4.25. The largest absolute Gasteiger partial charge is 0.303 e. The Hall–Kier alpha value is -1.33. The van der Waals surface area contributed by atoms with E-state index in [0.29, 0.717) is 12.3 Å². The molecule has 0 spiro atoms. The van der Waals surface area contributed by atoms with E-state index in [0.717, 1.165) is 25.2 Å². The second kappa shape index (κ2) is 7.96. The fourth-order valence-electron chi connectivity index (χ4n) is 1.92. The van der Waals surface area contributed by atoms with E-state index in [-0.39, 0.29) is 0 Å². The Morgan fingerprint density at radius 3 is 2.42 bits per heavy atom. The third-order valence-electron chi connectivity index (χ3n) is 3.01. The maximum absolute atomic E-state index is 10.8. The Kier molecular flexibility index (Phi) is 6.59. The zero-order chi connectivity index (χ0) is 14.1. The molecule has 0 heterocycles. The molecule has 0 aliphatic carbocycles. The van der Waals surface area contributed by atoms with Crippen molar-refractivity contribution in [3.63, 3.8) is 0 Å². The average molecular weight is 272 g/mol. The van der Waals surface area contributed by atoms with Gasteiger partial charge < -0.3 is 4.79 Å². The molecule has 0 unspecified atom stereocenters. The zero-order valence-corrected chi connectivity index (χ0v) is 13.3. The Balaban J connectivity index is 2.49. The van der Waals surface area contributed by atoms with Crippen molar-refractivity contribution in [2.75, 3.05) is 0 Å². The summed E-state index contributed by atoms with van der Waals surface area (Å²) < 4.78 is 0. The van der Waals surface area contributed by atoms with Gasteiger partial charge in [0.25, 0.3) is 0 Å². The minimum atomic E-state index is -1.04. The fraction of sp³-hybridized carbons (Fsp3) is 0.471. The lowest BCUT2D eigenvalue weighted by Gasteiger charge is -2.13. The van der Waals surface area contributed by atoms with E-state index in [4.69, 9.17) is 0 Å². The topological polar surface area (TPSA) is 17.1 Å². The van der Waals surface area contributed by atoms with Crippen LogP contribution in [0.2, 0.25) is 25.7 Å². The number of rotatable bonds is 6. The van der Waals surface area contributed by atoms with Crippen molar-refractivity contribution in [1.29, 1.82) is 0 Å².